The maximum atomic E-state index is 15.3. The molecular formula is C44H59BrN4O8. The highest BCUT2D eigenvalue weighted by Gasteiger charge is 2.77. The van der Waals surface area contributed by atoms with Crippen LogP contribution in [0.3, 0.4) is 0 Å². The number of allylic oxidation sites excluding steroid dienone is 1. The molecule has 1 spiro atoms. The predicted molar refractivity (Wildman–Crippen MR) is 224 cm³/mol. The summed E-state index contributed by atoms with van der Waals surface area (Å²) in [4.78, 5) is 63.0. The van der Waals surface area contributed by atoms with E-state index in [4.69, 9.17) is 14.2 Å². The molecule has 0 aromatic heterocycles. The number of benzene rings is 2. The number of carbonyl (C=O) groups is 4. The number of nitrogens with one attached hydrogen (secondary N) is 1. The number of alkyl halides is 1. The molecule has 9 atom stereocenters. The van der Waals surface area contributed by atoms with Gasteiger partial charge >= 0.3 is 5.97 Å². The zero-order valence-electron chi connectivity index (χ0n) is 33.8. The zero-order chi connectivity index (χ0) is 41.4. The van der Waals surface area contributed by atoms with Crippen molar-refractivity contribution >= 4 is 51.0 Å². The molecule has 2 bridgehead atoms. The fourth-order valence-electron chi connectivity index (χ4n) is 8.99. The van der Waals surface area contributed by atoms with E-state index in [0.29, 0.717) is 24.1 Å². The summed E-state index contributed by atoms with van der Waals surface area (Å²) in [5.74, 6) is -3.86. The van der Waals surface area contributed by atoms with E-state index < -0.39 is 64.5 Å². The molecule has 12 nitrogen and oxygen atoms in total. The third-order valence-corrected chi connectivity index (χ3v) is 12.3. The molecule has 2 N–H and O–H groups in total. The summed E-state index contributed by atoms with van der Waals surface area (Å²) in [5.41, 5.74) is 0.858. The normalized spacial score (nSPS) is 25.1. The van der Waals surface area contributed by atoms with Gasteiger partial charge in [0.2, 0.25) is 11.8 Å². The minimum atomic E-state index is -1.41. The topological polar surface area (TPSA) is 138 Å². The number of carbonyl (C=O) groups excluding carboxylic acids is 4. The third-order valence-electron chi connectivity index (χ3n) is 11.5. The van der Waals surface area contributed by atoms with E-state index in [-0.39, 0.29) is 50.3 Å². The first kappa shape index (κ1) is 44.1. The second-order valence-electron chi connectivity index (χ2n) is 15.5. The number of aliphatic hydroxyl groups is 1. The number of aliphatic hydroxyl groups excluding tert-OH is 1. The van der Waals surface area contributed by atoms with Gasteiger partial charge in [-0.1, -0.05) is 72.3 Å². The van der Waals surface area contributed by atoms with Crippen LogP contribution in [0.1, 0.15) is 65.0 Å². The molecule has 3 heterocycles. The Morgan fingerprint density at radius 2 is 1.74 bits per heavy atom. The minimum absolute atomic E-state index is 0.0391. The van der Waals surface area contributed by atoms with Crippen molar-refractivity contribution in [1.29, 1.82) is 0 Å². The lowest BCUT2D eigenvalue weighted by Gasteiger charge is -2.40. The predicted octanol–water partition coefficient (Wildman–Crippen LogP) is 5.59. The van der Waals surface area contributed by atoms with Crippen molar-refractivity contribution in [3.63, 3.8) is 0 Å². The molecule has 0 saturated carbocycles. The maximum Gasteiger partial charge on any atom is 0.313 e. The van der Waals surface area contributed by atoms with Gasteiger partial charge in [0.25, 0.3) is 5.91 Å². The summed E-state index contributed by atoms with van der Waals surface area (Å²) >= 11 is 3.77. The van der Waals surface area contributed by atoms with Crippen LogP contribution >= 0.6 is 15.9 Å². The molecule has 0 radical (unpaired) electrons. The maximum absolute atomic E-state index is 15.3. The van der Waals surface area contributed by atoms with Crippen molar-refractivity contribution in [3.8, 4) is 0 Å². The van der Waals surface area contributed by atoms with Gasteiger partial charge in [-0.15, -0.1) is 13.2 Å². The number of anilines is 2. The Balaban J connectivity index is 1.56. The first-order valence-corrected chi connectivity index (χ1v) is 21.0. The van der Waals surface area contributed by atoms with E-state index in [1.807, 2.05) is 56.3 Å². The molecule has 2 aromatic carbocycles. The van der Waals surface area contributed by atoms with E-state index in [9.17, 15) is 14.7 Å². The average Bonchev–Trinajstić information content (AvgIpc) is 3.81. The molecule has 3 saturated heterocycles. The summed E-state index contributed by atoms with van der Waals surface area (Å²) in [5, 5.41) is 13.8. The molecule has 0 aliphatic carbocycles. The third kappa shape index (κ3) is 9.01. The monoisotopic (exact) mass is 850 g/mol. The quantitative estimate of drug-likeness (QED) is 0.0937. The standard InChI is InChI=1S/C44H59BrN4O8/c1-8-12-18-35(51)46-34(27-55-7)38(29-16-14-13-15-17-29)56-43(54)36-37-41(52)49(32(26-50)24-28(5)6)40(44(37)25-33(45)39(36)57-44)42(53)48(23-9-2)31-21-19-30(20-22-31)47(10-3)11-4/h8-9,13-17,19-22,28,32-34,36-40,50H,1-2,10-12,18,23-27H2,3-7H3,(H,46,51)/t32-,33?,34+,36+,37-,38+,39+,40+,44-/m1/s1. The highest BCUT2D eigenvalue weighted by Crippen LogP contribution is 2.61. The Bertz CT molecular complexity index is 1720. The lowest BCUT2D eigenvalue weighted by atomic mass is 9.70. The summed E-state index contributed by atoms with van der Waals surface area (Å²) < 4.78 is 18.7. The number of likely N-dealkylation sites (tertiary alicyclic amines) is 1. The van der Waals surface area contributed by atoms with Crippen LogP contribution in [-0.2, 0) is 33.4 Å². The largest absolute Gasteiger partial charge is 0.455 e. The molecule has 57 heavy (non-hydrogen) atoms. The number of ether oxygens (including phenoxy) is 3. The number of halogens is 1. The lowest BCUT2D eigenvalue weighted by Crippen LogP contribution is -2.59. The van der Waals surface area contributed by atoms with E-state index in [1.54, 1.807) is 29.2 Å². The summed E-state index contributed by atoms with van der Waals surface area (Å²) in [6.45, 7) is 17.3. The highest BCUT2D eigenvalue weighted by molar-refractivity contribution is 9.09. The Morgan fingerprint density at radius 1 is 1.07 bits per heavy atom. The van der Waals surface area contributed by atoms with Gasteiger partial charge in [-0.2, -0.15) is 0 Å². The number of fused-ring (bicyclic) bond motifs is 1. The van der Waals surface area contributed by atoms with Gasteiger partial charge in [-0.3, -0.25) is 19.2 Å². The van der Waals surface area contributed by atoms with Gasteiger partial charge in [0.05, 0.1) is 43.2 Å². The van der Waals surface area contributed by atoms with Gasteiger partial charge in [-0.05, 0) is 68.9 Å². The zero-order valence-corrected chi connectivity index (χ0v) is 35.4. The second-order valence-corrected chi connectivity index (χ2v) is 16.7. The number of hydrogen-bond acceptors (Lipinski definition) is 9. The molecule has 1 unspecified atom stereocenters. The number of hydrogen-bond donors (Lipinski definition) is 2. The van der Waals surface area contributed by atoms with Crippen molar-refractivity contribution < 1.29 is 38.5 Å². The molecule has 13 heteroatoms. The Morgan fingerprint density at radius 3 is 2.32 bits per heavy atom. The number of nitrogens with zero attached hydrogens (tertiary/aromatic N) is 3. The first-order valence-electron chi connectivity index (χ1n) is 20.1. The highest BCUT2D eigenvalue weighted by atomic mass is 79.9. The van der Waals surface area contributed by atoms with Crippen molar-refractivity contribution in [2.24, 2.45) is 17.8 Å². The number of esters is 1. The second kappa shape index (κ2) is 19.6. The Hall–Kier alpha value is -4.04. The van der Waals surface area contributed by atoms with Gasteiger partial charge in [0.15, 0.2) is 0 Å². The average molecular weight is 852 g/mol. The summed E-state index contributed by atoms with van der Waals surface area (Å²) in [7, 11) is 1.50. The summed E-state index contributed by atoms with van der Waals surface area (Å²) in [6, 6.07) is 14.2. The van der Waals surface area contributed by atoms with Crippen molar-refractivity contribution in [2.75, 3.05) is 49.8 Å². The van der Waals surface area contributed by atoms with Crippen LogP contribution in [0.5, 0.6) is 0 Å². The van der Waals surface area contributed by atoms with Crippen LogP contribution < -0.4 is 15.1 Å². The smallest absolute Gasteiger partial charge is 0.313 e. The van der Waals surface area contributed by atoms with Gasteiger partial charge in [0.1, 0.15) is 17.7 Å². The molecule has 310 valence electrons. The van der Waals surface area contributed by atoms with E-state index in [1.165, 1.54) is 12.0 Å². The minimum Gasteiger partial charge on any atom is -0.455 e. The van der Waals surface area contributed by atoms with Crippen LogP contribution in [0.4, 0.5) is 11.4 Å². The summed E-state index contributed by atoms with van der Waals surface area (Å²) in [6.07, 6.45) is 2.89. The van der Waals surface area contributed by atoms with Crippen molar-refractivity contribution in [3.05, 3.63) is 85.5 Å². The fourth-order valence-corrected chi connectivity index (χ4v) is 9.93. The van der Waals surface area contributed by atoms with Crippen LogP contribution in [0.15, 0.2) is 79.9 Å². The van der Waals surface area contributed by atoms with Crippen LogP contribution in [0.2, 0.25) is 0 Å². The number of rotatable bonds is 21. The van der Waals surface area contributed by atoms with Gasteiger partial charge in [0, 0.05) is 49.4 Å². The van der Waals surface area contributed by atoms with Gasteiger partial charge < -0.3 is 39.3 Å². The Kier molecular flexibility index (Phi) is 15.2. The molecule has 2 aromatic rings. The van der Waals surface area contributed by atoms with Crippen molar-refractivity contribution in [2.45, 2.75) is 94.1 Å². The van der Waals surface area contributed by atoms with E-state index in [2.05, 4.69) is 53.2 Å². The fraction of sp³-hybridized carbons (Fsp3) is 0.545. The molecular weight excluding hydrogens is 792 g/mol. The van der Waals surface area contributed by atoms with Crippen LogP contribution in [0, 0.1) is 17.8 Å². The van der Waals surface area contributed by atoms with Crippen molar-refractivity contribution in [1.82, 2.24) is 10.2 Å². The van der Waals surface area contributed by atoms with Crippen LogP contribution in [0.25, 0.3) is 0 Å². The first-order chi connectivity index (χ1) is 27.4. The van der Waals surface area contributed by atoms with Gasteiger partial charge in [-0.25, -0.2) is 0 Å². The molecule has 3 aliphatic heterocycles. The number of methoxy groups -OCH3 is 1. The Labute approximate surface area is 345 Å². The lowest BCUT2D eigenvalue weighted by molar-refractivity contribution is -0.163. The van der Waals surface area contributed by atoms with E-state index in [0.717, 1.165) is 18.8 Å². The molecule has 3 amide bonds. The molecule has 5 rings (SSSR count). The number of amides is 3. The van der Waals surface area contributed by atoms with Crippen LogP contribution in [-0.4, -0.2) is 108 Å². The van der Waals surface area contributed by atoms with E-state index >= 15 is 9.59 Å². The molecule has 3 aliphatic rings. The molecule has 3 fully saturated rings. The SMILES string of the molecule is C=CCCC(=O)N[C@@H](COC)[C@@H](OC(=O)[C@@H]1[C@H]2O[C@@]3(CC2Br)[C@H](C(=O)N(CC=C)c2ccc(N(CC)CC)cc2)N([C@@H](CO)CC(C)C)C(=O)[C@@H]13)c1ccccc1.